The number of rotatable bonds is 8. The largest absolute Gasteiger partial charge is 0.414 e. The summed E-state index contributed by atoms with van der Waals surface area (Å²) >= 11 is 11.6. The van der Waals surface area contributed by atoms with E-state index in [9.17, 15) is 36.5 Å². The van der Waals surface area contributed by atoms with Crippen LogP contribution in [0.4, 0.5) is 24.5 Å². The van der Waals surface area contributed by atoms with E-state index in [1.165, 1.54) is 12.1 Å². The van der Waals surface area contributed by atoms with Crippen molar-refractivity contribution in [2.45, 2.75) is 17.8 Å². The number of hydrogen-bond acceptors (Lipinski definition) is 7. The molecule has 9 nitrogen and oxygen atoms in total. The molecule has 0 fully saturated rings. The zero-order chi connectivity index (χ0) is 26.8. The Kier molecular flexibility index (Phi) is 8.08. The van der Waals surface area contributed by atoms with Crippen LogP contribution < -0.4 is 4.31 Å². The zero-order valence-electron chi connectivity index (χ0n) is 18.2. The Balaban J connectivity index is 2.14. The van der Waals surface area contributed by atoms with Crippen LogP contribution in [0.3, 0.4) is 0 Å². The molecule has 15 heteroatoms. The summed E-state index contributed by atoms with van der Waals surface area (Å²) in [7, 11) is -3.57. The maximum atomic E-state index is 13.5. The second-order valence-corrected chi connectivity index (χ2v) is 10.3. The molecule has 0 saturated carbocycles. The van der Waals surface area contributed by atoms with E-state index in [0.717, 1.165) is 43.7 Å². The molecule has 1 aromatic carbocycles. The quantitative estimate of drug-likeness (QED) is 0.191. The summed E-state index contributed by atoms with van der Waals surface area (Å²) in [5.41, 5.74) is -3.16. The Hall–Kier alpha value is -3.00. The second-order valence-electron chi connectivity index (χ2n) is 7.36. The minimum absolute atomic E-state index is 0.112. The Morgan fingerprint density at radius 3 is 2.58 bits per heavy atom. The van der Waals surface area contributed by atoms with Crippen LogP contribution in [0.5, 0.6) is 0 Å². The van der Waals surface area contributed by atoms with E-state index in [-0.39, 0.29) is 10.6 Å². The molecule has 0 bridgehead atoms. The summed E-state index contributed by atoms with van der Waals surface area (Å²) in [5.74, 6) is -1.01. The number of nitro groups is 1. The maximum Gasteiger partial charge on any atom is 0.414 e. The molecule has 0 saturated heterocycles. The van der Waals surface area contributed by atoms with E-state index in [4.69, 9.17) is 27.9 Å². The number of anilines is 1. The van der Waals surface area contributed by atoms with Gasteiger partial charge in [-0.05, 0) is 18.2 Å². The summed E-state index contributed by atoms with van der Waals surface area (Å²) < 4.78 is 72.8. The molecule has 192 valence electrons. The van der Waals surface area contributed by atoms with Crippen molar-refractivity contribution >= 4 is 50.4 Å². The number of carbonyl (C=O) groups is 1. The molecular weight excluding hydrogens is 550 g/mol. The number of nitro benzene ring substituents is 1. The number of para-hydroxylation sites is 1. The van der Waals surface area contributed by atoms with Gasteiger partial charge in [0.15, 0.2) is 0 Å². The highest BCUT2D eigenvalue weighted by Crippen LogP contribution is 2.39. The van der Waals surface area contributed by atoms with Crippen LogP contribution in [-0.2, 0) is 14.8 Å². The molecule has 1 aliphatic carbocycles. The Morgan fingerprint density at radius 1 is 1.31 bits per heavy atom. The van der Waals surface area contributed by atoms with E-state index in [1.807, 2.05) is 0 Å². The molecule has 1 unspecified atom stereocenters. The minimum Gasteiger partial charge on any atom is -0.363 e. The average molecular weight is 566 g/mol. The molecule has 1 aliphatic rings. The van der Waals surface area contributed by atoms with Crippen molar-refractivity contribution in [3.8, 4) is 0 Å². The lowest BCUT2D eigenvalue weighted by Gasteiger charge is -2.30. The van der Waals surface area contributed by atoms with Gasteiger partial charge in [0, 0.05) is 30.8 Å². The van der Waals surface area contributed by atoms with Gasteiger partial charge in [-0.3, -0.25) is 14.9 Å². The zero-order valence-corrected chi connectivity index (χ0v) is 20.5. The van der Waals surface area contributed by atoms with E-state index >= 15 is 0 Å². The lowest BCUT2D eigenvalue weighted by molar-refractivity contribution is -0.385. The molecule has 1 atom stereocenters. The van der Waals surface area contributed by atoms with Crippen molar-refractivity contribution in [3.63, 3.8) is 0 Å². The highest BCUT2D eigenvalue weighted by atomic mass is 35.5. The van der Waals surface area contributed by atoms with E-state index < -0.39 is 73.0 Å². The topological polar surface area (TPSA) is 120 Å². The van der Waals surface area contributed by atoms with Gasteiger partial charge in [-0.25, -0.2) is 17.7 Å². The van der Waals surface area contributed by atoms with Gasteiger partial charge in [0.05, 0.1) is 21.2 Å². The van der Waals surface area contributed by atoms with Crippen molar-refractivity contribution in [2.24, 2.45) is 0 Å². The summed E-state index contributed by atoms with van der Waals surface area (Å²) in [6.45, 7) is -0.731. The number of allylic oxidation sites excluding steroid dienone is 3. The van der Waals surface area contributed by atoms with E-state index in [1.54, 1.807) is 0 Å². The van der Waals surface area contributed by atoms with Gasteiger partial charge >= 0.3 is 6.18 Å². The van der Waals surface area contributed by atoms with Gasteiger partial charge in [-0.15, -0.1) is 0 Å². The lowest BCUT2D eigenvalue weighted by atomic mass is 10.0. The molecule has 0 radical (unpaired) electrons. The fraction of sp³-hybridized carbons (Fsp3) is 0.238. The fourth-order valence-electron chi connectivity index (χ4n) is 3.42. The van der Waals surface area contributed by atoms with Crippen LogP contribution in [0.2, 0.25) is 5.02 Å². The van der Waals surface area contributed by atoms with Crippen LogP contribution in [0.15, 0.2) is 59.3 Å². The Bertz CT molecular complexity index is 1380. The summed E-state index contributed by atoms with van der Waals surface area (Å²) in [4.78, 5) is 27.8. The first kappa shape index (κ1) is 27.6. The average Bonchev–Trinajstić information content (AvgIpc) is 2.81. The van der Waals surface area contributed by atoms with Gasteiger partial charge in [-0.2, -0.15) is 13.2 Å². The third kappa shape index (κ3) is 5.53. The summed E-state index contributed by atoms with van der Waals surface area (Å²) in [6.07, 6.45) is -3.04. The second kappa shape index (κ2) is 10.5. The SMILES string of the molecule is COCN(c1cc(Cl)cnc1C(=O)c1ccccc1[N+](=O)[O-])S(=O)(=O)C1C=CC(Cl)=C(C(F)(F)F)C1. The van der Waals surface area contributed by atoms with Gasteiger partial charge in [0.2, 0.25) is 15.8 Å². The van der Waals surface area contributed by atoms with Gasteiger partial charge in [0.1, 0.15) is 23.2 Å². The third-order valence-corrected chi connectivity index (χ3v) is 7.66. The van der Waals surface area contributed by atoms with Crippen LogP contribution in [0, 0.1) is 10.1 Å². The number of carbonyl (C=O) groups excluding carboxylic acids is 1. The molecule has 0 N–H and O–H groups in total. The molecular formula is C21H16Cl2F3N3O6S. The smallest absolute Gasteiger partial charge is 0.363 e. The summed E-state index contributed by atoms with van der Waals surface area (Å²) in [6, 6.07) is 5.98. The first-order valence-corrected chi connectivity index (χ1v) is 12.1. The minimum atomic E-state index is -4.88. The number of methoxy groups -OCH3 is 1. The molecule has 1 heterocycles. The molecule has 36 heavy (non-hydrogen) atoms. The highest BCUT2D eigenvalue weighted by molar-refractivity contribution is 7.93. The van der Waals surface area contributed by atoms with Crippen molar-refractivity contribution in [1.29, 1.82) is 0 Å². The van der Waals surface area contributed by atoms with Crippen molar-refractivity contribution in [3.05, 3.63) is 85.7 Å². The number of nitrogens with zero attached hydrogens (tertiary/aromatic N) is 3. The Labute approximate surface area is 213 Å². The van der Waals surface area contributed by atoms with E-state index in [0.29, 0.717) is 4.31 Å². The number of ketones is 1. The first-order valence-electron chi connectivity index (χ1n) is 9.87. The predicted molar refractivity (Wildman–Crippen MR) is 126 cm³/mol. The monoisotopic (exact) mass is 565 g/mol. The van der Waals surface area contributed by atoms with Gasteiger partial charge < -0.3 is 4.74 Å². The molecule has 0 amide bonds. The standard InChI is InChI=1S/C21H16Cl2F3N3O6S/c1-35-11-28(36(33,34)13-6-7-16(23)15(9-13)21(24,25)26)18-8-12(22)10-27-19(18)20(30)14-4-2-3-5-17(14)29(31)32/h2-8,10,13H,9,11H2,1H3. The highest BCUT2D eigenvalue weighted by Gasteiger charge is 2.43. The van der Waals surface area contributed by atoms with Crippen LogP contribution in [0.25, 0.3) is 0 Å². The predicted octanol–water partition coefficient (Wildman–Crippen LogP) is 5.00. The number of hydrogen-bond donors (Lipinski definition) is 0. The summed E-state index contributed by atoms with van der Waals surface area (Å²) in [5, 5.41) is 8.91. The van der Waals surface area contributed by atoms with Crippen molar-refractivity contribution in [1.82, 2.24) is 4.98 Å². The number of aromatic nitrogens is 1. The van der Waals surface area contributed by atoms with Crippen molar-refractivity contribution < 1.29 is 36.0 Å². The number of halogens is 5. The molecule has 2 aromatic rings. The number of sulfonamides is 1. The maximum absolute atomic E-state index is 13.5. The molecule has 0 spiro atoms. The third-order valence-electron chi connectivity index (χ3n) is 5.09. The Morgan fingerprint density at radius 2 is 1.97 bits per heavy atom. The molecule has 0 aliphatic heterocycles. The first-order chi connectivity index (χ1) is 16.8. The number of ether oxygens (including phenoxy) is 1. The van der Waals surface area contributed by atoms with Crippen molar-refractivity contribution in [2.75, 3.05) is 18.1 Å². The molecule has 3 rings (SSSR count). The van der Waals surface area contributed by atoms with Crippen LogP contribution in [-0.4, -0.2) is 49.4 Å². The number of benzene rings is 1. The van der Waals surface area contributed by atoms with Gasteiger partial charge in [-0.1, -0.05) is 41.4 Å². The van der Waals surface area contributed by atoms with Crippen LogP contribution >= 0.6 is 23.2 Å². The number of alkyl halides is 3. The van der Waals surface area contributed by atoms with E-state index in [2.05, 4.69) is 4.98 Å². The number of pyridine rings is 1. The van der Waals surface area contributed by atoms with Crippen LogP contribution in [0.1, 0.15) is 22.5 Å². The lowest BCUT2D eigenvalue weighted by Crippen LogP contribution is -2.41. The molecule has 1 aromatic heterocycles. The van der Waals surface area contributed by atoms with Gasteiger partial charge in [0.25, 0.3) is 5.69 Å². The normalized spacial score (nSPS) is 16.2. The fourth-order valence-corrected chi connectivity index (χ4v) is 5.48.